The number of rotatable bonds is 4. The van der Waals surface area contributed by atoms with Crippen LogP contribution in [-0.2, 0) is 6.54 Å². The molecule has 0 saturated heterocycles. The molecule has 4 heteroatoms. The minimum Gasteiger partial charge on any atom is -0.473 e. The summed E-state index contributed by atoms with van der Waals surface area (Å²) in [5.74, 6) is 1.32. The number of hydrogen-bond acceptors (Lipinski definition) is 4. The zero-order valence-corrected chi connectivity index (χ0v) is 17.8. The Morgan fingerprint density at radius 1 is 1.00 bits per heavy atom. The Kier molecular flexibility index (Phi) is 4.99. The van der Waals surface area contributed by atoms with Crippen molar-refractivity contribution in [2.45, 2.75) is 32.7 Å². The van der Waals surface area contributed by atoms with E-state index >= 15 is 0 Å². The number of benzene rings is 3. The second kappa shape index (κ2) is 7.95. The maximum Gasteiger partial charge on any atom is 0.336 e. The van der Waals surface area contributed by atoms with Crippen LogP contribution in [0.2, 0.25) is 0 Å². The third-order valence-electron chi connectivity index (χ3n) is 6.22. The first-order valence-electron chi connectivity index (χ1n) is 10.8. The van der Waals surface area contributed by atoms with E-state index in [0.29, 0.717) is 24.8 Å². The molecule has 0 amide bonds. The van der Waals surface area contributed by atoms with Gasteiger partial charge in [-0.1, -0.05) is 56.3 Å². The summed E-state index contributed by atoms with van der Waals surface area (Å²) in [6, 6.07) is 24.1. The van der Waals surface area contributed by atoms with Gasteiger partial charge in [-0.15, -0.1) is 0 Å². The standard InChI is InChI=1S/C27H25NO3/c1-3-18(2)19-9-11-21(12-10-19)28-16-24-25(30-17-28)14-13-22-23(15-26(29)31-27(22)24)20-7-5-4-6-8-20/h4-15,18H,3,16-17H2,1-2H3/t18-/m0/s1. The average molecular weight is 412 g/mol. The third kappa shape index (κ3) is 3.59. The SMILES string of the molecule is CC[C@H](C)c1ccc(N2COc3ccc4c(-c5ccccc5)cc(=O)oc4c3C2)cc1. The number of nitrogens with zero attached hydrogens (tertiary/aromatic N) is 1. The molecule has 5 rings (SSSR count). The number of fused-ring (bicyclic) bond motifs is 3. The van der Waals surface area contributed by atoms with Crippen LogP contribution in [0.5, 0.6) is 5.75 Å². The lowest BCUT2D eigenvalue weighted by atomic mass is 9.98. The van der Waals surface area contributed by atoms with E-state index in [1.54, 1.807) is 6.07 Å². The van der Waals surface area contributed by atoms with E-state index in [1.807, 2.05) is 42.5 Å². The Morgan fingerprint density at radius 2 is 1.77 bits per heavy atom. The van der Waals surface area contributed by atoms with E-state index < -0.39 is 0 Å². The van der Waals surface area contributed by atoms with Crippen LogP contribution in [0.1, 0.15) is 37.3 Å². The molecule has 1 aromatic heterocycles. The molecule has 1 aliphatic heterocycles. The van der Waals surface area contributed by atoms with Gasteiger partial charge in [0.1, 0.15) is 11.3 Å². The zero-order chi connectivity index (χ0) is 21.4. The molecule has 0 bridgehead atoms. The van der Waals surface area contributed by atoms with E-state index in [1.165, 1.54) is 5.56 Å². The summed E-state index contributed by atoms with van der Waals surface area (Å²) in [6.07, 6.45) is 1.12. The zero-order valence-electron chi connectivity index (χ0n) is 17.8. The van der Waals surface area contributed by atoms with Crippen molar-refractivity contribution >= 4 is 16.7 Å². The molecule has 0 saturated carbocycles. The largest absolute Gasteiger partial charge is 0.473 e. The minimum absolute atomic E-state index is 0.352. The molecule has 0 radical (unpaired) electrons. The van der Waals surface area contributed by atoms with Crippen LogP contribution in [0, 0.1) is 0 Å². The van der Waals surface area contributed by atoms with Crippen LogP contribution >= 0.6 is 0 Å². The summed E-state index contributed by atoms with van der Waals surface area (Å²) < 4.78 is 11.8. The second-order valence-electron chi connectivity index (χ2n) is 8.14. The molecule has 31 heavy (non-hydrogen) atoms. The third-order valence-corrected chi connectivity index (χ3v) is 6.22. The Morgan fingerprint density at radius 3 is 2.52 bits per heavy atom. The van der Waals surface area contributed by atoms with Gasteiger partial charge in [-0.3, -0.25) is 0 Å². The summed E-state index contributed by atoms with van der Waals surface area (Å²) >= 11 is 0. The van der Waals surface area contributed by atoms with Crippen molar-refractivity contribution in [3.8, 4) is 16.9 Å². The Bertz CT molecular complexity index is 1280. The van der Waals surface area contributed by atoms with E-state index in [9.17, 15) is 4.79 Å². The Labute approximate surface area is 181 Å². The highest BCUT2D eigenvalue weighted by molar-refractivity contribution is 5.96. The molecule has 0 aliphatic carbocycles. The molecular weight excluding hydrogens is 386 g/mol. The number of hydrogen-bond donors (Lipinski definition) is 0. The monoisotopic (exact) mass is 411 g/mol. The summed E-state index contributed by atoms with van der Waals surface area (Å²) in [4.78, 5) is 14.6. The predicted octanol–water partition coefficient (Wildman–Crippen LogP) is 6.33. The highest BCUT2D eigenvalue weighted by Gasteiger charge is 2.23. The lowest BCUT2D eigenvalue weighted by molar-refractivity contribution is 0.289. The van der Waals surface area contributed by atoms with Crippen LogP contribution in [0.25, 0.3) is 22.1 Å². The first-order valence-corrected chi connectivity index (χ1v) is 10.8. The van der Waals surface area contributed by atoms with Crippen LogP contribution < -0.4 is 15.3 Å². The van der Waals surface area contributed by atoms with Crippen molar-refractivity contribution in [1.29, 1.82) is 0 Å². The molecule has 0 spiro atoms. The fraction of sp³-hybridized carbons (Fsp3) is 0.222. The smallest absolute Gasteiger partial charge is 0.336 e. The lowest BCUT2D eigenvalue weighted by Crippen LogP contribution is -2.32. The molecule has 4 nitrogen and oxygen atoms in total. The van der Waals surface area contributed by atoms with Gasteiger partial charge in [-0.2, -0.15) is 0 Å². The molecular formula is C27H25NO3. The molecule has 0 fully saturated rings. The quantitative estimate of drug-likeness (QED) is 0.368. The van der Waals surface area contributed by atoms with Gasteiger partial charge < -0.3 is 14.1 Å². The molecule has 0 unspecified atom stereocenters. The highest BCUT2D eigenvalue weighted by atomic mass is 16.5. The van der Waals surface area contributed by atoms with Crippen molar-refractivity contribution < 1.29 is 9.15 Å². The van der Waals surface area contributed by atoms with Crippen molar-refractivity contribution in [2.24, 2.45) is 0 Å². The van der Waals surface area contributed by atoms with Crippen LogP contribution in [0.4, 0.5) is 5.69 Å². The van der Waals surface area contributed by atoms with E-state index in [-0.39, 0.29) is 5.63 Å². The first-order chi connectivity index (χ1) is 15.1. The van der Waals surface area contributed by atoms with Crippen LogP contribution in [-0.4, -0.2) is 6.73 Å². The molecule has 0 N–H and O–H groups in total. The minimum atomic E-state index is -0.352. The van der Waals surface area contributed by atoms with Gasteiger partial charge in [0.2, 0.25) is 0 Å². The number of anilines is 1. The molecule has 1 aliphatic rings. The van der Waals surface area contributed by atoms with Gasteiger partial charge in [-0.25, -0.2) is 4.79 Å². The maximum atomic E-state index is 12.4. The van der Waals surface area contributed by atoms with Gasteiger partial charge in [0.15, 0.2) is 6.73 Å². The summed E-state index contributed by atoms with van der Waals surface area (Å²) in [5.41, 5.74) is 5.47. The average Bonchev–Trinajstić information content (AvgIpc) is 2.83. The summed E-state index contributed by atoms with van der Waals surface area (Å²) in [5, 5.41) is 0.919. The summed E-state index contributed by atoms with van der Waals surface area (Å²) in [6.45, 7) is 5.53. The van der Waals surface area contributed by atoms with E-state index in [4.69, 9.17) is 9.15 Å². The molecule has 1 atom stereocenters. The predicted molar refractivity (Wildman–Crippen MR) is 125 cm³/mol. The fourth-order valence-electron chi connectivity index (χ4n) is 4.20. The fourth-order valence-corrected chi connectivity index (χ4v) is 4.20. The number of ether oxygens (including phenoxy) is 1. The van der Waals surface area contributed by atoms with Crippen molar-refractivity contribution in [2.75, 3.05) is 11.6 Å². The van der Waals surface area contributed by atoms with E-state index in [0.717, 1.165) is 39.9 Å². The van der Waals surface area contributed by atoms with Gasteiger partial charge in [-0.05, 0) is 53.3 Å². The van der Waals surface area contributed by atoms with Gasteiger partial charge in [0.25, 0.3) is 0 Å². The van der Waals surface area contributed by atoms with Crippen molar-refractivity contribution in [3.05, 3.63) is 94.3 Å². The van der Waals surface area contributed by atoms with E-state index in [2.05, 4.69) is 43.0 Å². The van der Waals surface area contributed by atoms with Crippen molar-refractivity contribution in [3.63, 3.8) is 0 Å². The van der Waals surface area contributed by atoms with Gasteiger partial charge in [0.05, 0.1) is 12.1 Å². The van der Waals surface area contributed by atoms with Crippen molar-refractivity contribution in [1.82, 2.24) is 0 Å². The van der Waals surface area contributed by atoms with Gasteiger partial charge >= 0.3 is 5.63 Å². The summed E-state index contributed by atoms with van der Waals surface area (Å²) in [7, 11) is 0. The Hall–Kier alpha value is -3.53. The first kappa shape index (κ1) is 19.4. The van der Waals surface area contributed by atoms with Gasteiger partial charge in [0, 0.05) is 17.1 Å². The second-order valence-corrected chi connectivity index (χ2v) is 8.14. The normalized spacial score (nSPS) is 14.2. The van der Waals surface area contributed by atoms with Crippen LogP contribution in [0.15, 0.2) is 82.0 Å². The molecule has 156 valence electrons. The molecule has 4 aromatic rings. The molecule has 2 heterocycles. The lowest BCUT2D eigenvalue weighted by Gasteiger charge is -2.31. The highest BCUT2D eigenvalue weighted by Crippen LogP contribution is 2.37. The topological polar surface area (TPSA) is 42.7 Å². The maximum absolute atomic E-state index is 12.4. The Balaban J connectivity index is 1.56. The van der Waals surface area contributed by atoms with Crippen LogP contribution in [0.3, 0.4) is 0 Å². The molecule has 3 aromatic carbocycles.